The number of hydrogen-bond acceptors (Lipinski definition) is 2. The molecule has 0 radical (unpaired) electrons. The molecule has 0 N–H and O–H groups in total. The minimum atomic E-state index is 0.159. The average Bonchev–Trinajstić information content (AvgIpc) is 3.82. The van der Waals surface area contributed by atoms with Crippen molar-refractivity contribution in [3.63, 3.8) is 0 Å². The Bertz CT molecular complexity index is 2660. The monoisotopic (exact) mass is 715 g/mol. The van der Waals surface area contributed by atoms with Crippen LogP contribution in [0.2, 0.25) is 0 Å². The maximum absolute atomic E-state index is 2.60. The van der Waals surface area contributed by atoms with Crippen molar-refractivity contribution in [2.24, 2.45) is 23.7 Å². The second-order valence-electron chi connectivity index (χ2n) is 18.0. The second kappa shape index (κ2) is 11.0. The molecular formula is C52H45NS. The van der Waals surface area contributed by atoms with Gasteiger partial charge in [0, 0.05) is 48.1 Å². The Hall–Kier alpha value is -4.66. The zero-order chi connectivity index (χ0) is 35.2. The van der Waals surface area contributed by atoms with Gasteiger partial charge in [0.25, 0.3) is 0 Å². The van der Waals surface area contributed by atoms with E-state index in [0.29, 0.717) is 0 Å². The number of benzene rings is 6. The zero-order valence-electron chi connectivity index (χ0n) is 30.9. The van der Waals surface area contributed by atoms with Crippen molar-refractivity contribution in [2.45, 2.75) is 75.0 Å². The minimum absolute atomic E-state index is 0.159. The molecule has 2 spiro atoms. The van der Waals surface area contributed by atoms with Gasteiger partial charge in [-0.15, -0.1) is 11.3 Å². The van der Waals surface area contributed by atoms with Crippen molar-refractivity contribution in [3.8, 4) is 22.3 Å². The molecule has 4 bridgehead atoms. The highest BCUT2D eigenvalue weighted by molar-refractivity contribution is 7.25. The van der Waals surface area contributed by atoms with Crippen molar-refractivity contribution in [2.75, 3.05) is 4.90 Å². The van der Waals surface area contributed by atoms with Crippen LogP contribution in [-0.2, 0) is 10.8 Å². The SMILES string of the molecule is c1ccc2c(c1)-c1cc(N(c3ccc4c(c3)-c3ccccc3C43C4CC5CC(C4)CC3C5)c3ccc4sc5ccccc5c4c3)ccc1C21CCCCC1. The molecule has 5 fully saturated rings. The highest BCUT2D eigenvalue weighted by Crippen LogP contribution is 2.69. The van der Waals surface area contributed by atoms with Gasteiger partial charge in [-0.2, -0.15) is 0 Å². The number of hydrogen-bond donors (Lipinski definition) is 0. The van der Waals surface area contributed by atoms with Gasteiger partial charge in [-0.3, -0.25) is 0 Å². The first kappa shape index (κ1) is 30.6. The van der Waals surface area contributed by atoms with Gasteiger partial charge < -0.3 is 4.90 Å². The fourth-order valence-corrected chi connectivity index (χ4v) is 15.0. The molecule has 1 heterocycles. The number of thiophene rings is 1. The molecule has 5 saturated carbocycles. The number of nitrogens with zero attached hydrogens (tertiary/aromatic N) is 1. The fraction of sp³-hybridized carbons (Fsp3) is 0.308. The molecule has 7 aliphatic carbocycles. The van der Waals surface area contributed by atoms with Gasteiger partial charge in [0.15, 0.2) is 0 Å². The molecule has 7 aliphatic rings. The van der Waals surface area contributed by atoms with Gasteiger partial charge in [-0.1, -0.05) is 98.1 Å². The summed E-state index contributed by atoms with van der Waals surface area (Å²) in [6.45, 7) is 0. The van der Waals surface area contributed by atoms with Crippen LogP contribution in [-0.4, -0.2) is 0 Å². The zero-order valence-corrected chi connectivity index (χ0v) is 31.7. The maximum Gasteiger partial charge on any atom is 0.0468 e. The van der Waals surface area contributed by atoms with E-state index in [0.717, 1.165) is 23.7 Å². The molecule has 1 nitrogen and oxygen atoms in total. The van der Waals surface area contributed by atoms with Crippen LogP contribution in [0.1, 0.15) is 86.5 Å². The number of rotatable bonds is 3. The van der Waals surface area contributed by atoms with E-state index in [9.17, 15) is 0 Å². The number of anilines is 3. The van der Waals surface area contributed by atoms with E-state index < -0.39 is 0 Å². The van der Waals surface area contributed by atoms with Crippen molar-refractivity contribution < 1.29 is 0 Å². The van der Waals surface area contributed by atoms with Crippen LogP contribution in [0, 0.1) is 23.7 Å². The number of fused-ring (bicyclic) bond motifs is 11. The van der Waals surface area contributed by atoms with E-state index in [1.165, 1.54) is 124 Å². The Labute approximate surface area is 322 Å². The third-order valence-electron chi connectivity index (χ3n) is 15.6. The van der Waals surface area contributed by atoms with Gasteiger partial charge in [0.05, 0.1) is 0 Å². The summed E-state index contributed by atoms with van der Waals surface area (Å²) in [6.07, 6.45) is 13.7. The summed E-state index contributed by atoms with van der Waals surface area (Å²) in [5.74, 6) is 3.45. The Balaban J connectivity index is 1.03. The summed E-state index contributed by atoms with van der Waals surface area (Å²) in [4.78, 5) is 2.59. The van der Waals surface area contributed by atoms with E-state index in [4.69, 9.17) is 0 Å². The van der Waals surface area contributed by atoms with Crippen molar-refractivity contribution >= 4 is 48.6 Å². The molecule has 264 valence electrons. The van der Waals surface area contributed by atoms with Crippen LogP contribution in [0.5, 0.6) is 0 Å². The predicted octanol–water partition coefficient (Wildman–Crippen LogP) is 14.5. The summed E-state index contributed by atoms with van der Waals surface area (Å²) in [5.41, 5.74) is 16.3. The normalized spacial score (nSPS) is 26.4. The molecule has 0 amide bonds. The van der Waals surface area contributed by atoms with E-state index in [2.05, 4.69) is 132 Å². The standard InChI is InChI=1S/C52H45NS/c1-8-22-51(23-9-1)45-13-5-2-10-39(45)42-29-36(16-19-46(42)51)53(38-18-21-50-44(31-38)41-12-4-7-15-49(41)54-50)37-17-20-48-43(30-37)40-11-3-6-14-47(40)52(48)34-25-32-24-33(27-34)28-35(52)26-32/h2-7,10-21,29-35H,1,8-9,22-28H2. The third kappa shape index (κ3) is 3.91. The summed E-state index contributed by atoms with van der Waals surface area (Å²) < 4.78 is 2.71. The fourth-order valence-electron chi connectivity index (χ4n) is 13.9. The van der Waals surface area contributed by atoms with Gasteiger partial charge in [0.2, 0.25) is 0 Å². The smallest absolute Gasteiger partial charge is 0.0468 e. The van der Waals surface area contributed by atoms with Gasteiger partial charge >= 0.3 is 0 Å². The van der Waals surface area contributed by atoms with Gasteiger partial charge in [-0.05, 0) is 162 Å². The van der Waals surface area contributed by atoms with Crippen molar-refractivity contribution in [1.82, 2.24) is 0 Å². The van der Waals surface area contributed by atoms with Crippen LogP contribution in [0.3, 0.4) is 0 Å². The Kier molecular flexibility index (Phi) is 6.23. The molecular weight excluding hydrogens is 671 g/mol. The highest BCUT2D eigenvalue weighted by Gasteiger charge is 2.61. The van der Waals surface area contributed by atoms with E-state index in [1.54, 1.807) is 22.3 Å². The molecule has 2 heteroatoms. The Morgan fingerprint density at radius 1 is 0.444 bits per heavy atom. The predicted molar refractivity (Wildman–Crippen MR) is 227 cm³/mol. The van der Waals surface area contributed by atoms with Crippen LogP contribution in [0.25, 0.3) is 42.4 Å². The molecule has 0 aliphatic heterocycles. The van der Waals surface area contributed by atoms with Crippen molar-refractivity contribution in [1.29, 1.82) is 0 Å². The minimum Gasteiger partial charge on any atom is -0.310 e. The molecule has 1 aromatic heterocycles. The lowest BCUT2D eigenvalue weighted by Crippen LogP contribution is -2.55. The van der Waals surface area contributed by atoms with E-state index in [-0.39, 0.29) is 10.8 Å². The maximum atomic E-state index is 2.60. The summed E-state index contributed by atoms with van der Waals surface area (Å²) in [6, 6.07) is 50.3. The Morgan fingerprint density at radius 2 is 0.981 bits per heavy atom. The molecule has 54 heavy (non-hydrogen) atoms. The summed E-state index contributed by atoms with van der Waals surface area (Å²) in [5, 5.41) is 2.71. The first-order valence-corrected chi connectivity index (χ1v) is 21.7. The molecule has 6 aromatic carbocycles. The van der Waals surface area contributed by atoms with Crippen molar-refractivity contribution in [3.05, 3.63) is 150 Å². The lowest BCUT2D eigenvalue weighted by atomic mass is 9.43. The first-order valence-electron chi connectivity index (χ1n) is 20.9. The molecule has 0 saturated heterocycles. The lowest BCUT2D eigenvalue weighted by Gasteiger charge is -2.61. The Morgan fingerprint density at radius 3 is 1.74 bits per heavy atom. The lowest BCUT2D eigenvalue weighted by molar-refractivity contribution is -0.0399. The average molecular weight is 716 g/mol. The largest absolute Gasteiger partial charge is 0.310 e. The van der Waals surface area contributed by atoms with Crippen LogP contribution in [0.4, 0.5) is 17.1 Å². The van der Waals surface area contributed by atoms with E-state index >= 15 is 0 Å². The second-order valence-corrected chi connectivity index (χ2v) is 19.1. The third-order valence-corrected chi connectivity index (χ3v) is 16.8. The van der Waals surface area contributed by atoms with E-state index in [1.807, 2.05) is 11.3 Å². The molecule has 14 rings (SSSR count). The molecule has 0 unspecified atom stereocenters. The molecule has 0 atom stereocenters. The highest BCUT2D eigenvalue weighted by atomic mass is 32.1. The summed E-state index contributed by atoms with van der Waals surface area (Å²) >= 11 is 1.91. The van der Waals surface area contributed by atoms with Crippen LogP contribution >= 0.6 is 11.3 Å². The topological polar surface area (TPSA) is 3.24 Å². The quantitative estimate of drug-likeness (QED) is 0.176. The summed E-state index contributed by atoms with van der Waals surface area (Å²) in [7, 11) is 0. The van der Waals surface area contributed by atoms with Gasteiger partial charge in [-0.25, -0.2) is 0 Å². The molecule has 7 aromatic rings. The van der Waals surface area contributed by atoms with Gasteiger partial charge in [0.1, 0.15) is 0 Å². The van der Waals surface area contributed by atoms with Crippen LogP contribution in [0.15, 0.2) is 127 Å². The van der Waals surface area contributed by atoms with Crippen LogP contribution < -0.4 is 4.90 Å². The first-order chi connectivity index (χ1) is 26.7.